The Morgan fingerprint density at radius 3 is 2.82 bits per heavy atom. The number of aryl methyl sites for hydroxylation is 1. The molecule has 3 rings (SSSR count). The topological polar surface area (TPSA) is 84.2 Å². The van der Waals surface area contributed by atoms with Crippen molar-refractivity contribution >= 4 is 27.2 Å². The molecular weight excluding hydrogens is 300 g/mol. The van der Waals surface area contributed by atoms with E-state index in [4.69, 9.17) is 0 Å². The van der Waals surface area contributed by atoms with Crippen molar-refractivity contribution in [2.24, 2.45) is 0 Å². The lowest BCUT2D eigenvalue weighted by atomic mass is 10.3. The first-order valence-corrected chi connectivity index (χ1v) is 7.79. The molecule has 8 heteroatoms. The normalized spacial score (nSPS) is 10.8. The van der Waals surface area contributed by atoms with Crippen LogP contribution in [0.1, 0.15) is 12.0 Å². The molecule has 0 fully saturated rings. The summed E-state index contributed by atoms with van der Waals surface area (Å²) in [5.41, 5.74) is 0.980. The highest BCUT2D eigenvalue weighted by Crippen LogP contribution is 2.15. The van der Waals surface area contributed by atoms with Gasteiger partial charge in [-0.25, -0.2) is 9.97 Å². The van der Waals surface area contributed by atoms with Crippen LogP contribution in [0.2, 0.25) is 0 Å². The van der Waals surface area contributed by atoms with Crippen LogP contribution in [-0.2, 0) is 0 Å². The molecule has 114 valence electrons. The van der Waals surface area contributed by atoms with Crippen LogP contribution in [0.5, 0.6) is 0 Å². The third-order valence-electron chi connectivity index (χ3n) is 3.02. The summed E-state index contributed by atoms with van der Waals surface area (Å²) in [7, 11) is 0. The average Bonchev–Trinajstić information content (AvgIpc) is 2.93. The Morgan fingerprint density at radius 2 is 2.05 bits per heavy atom. The zero-order valence-electron chi connectivity index (χ0n) is 12.1. The quantitative estimate of drug-likeness (QED) is 0.674. The van der Waals surface area contributed by atoms with Gasteiger partial charge >= 0.3 is 0 Å². The maximum Gasteiger partial charge on any atom is 0.275 e. The Labute approximate surface area is 131 Å². The Morgan fingerprint density at radius 1 is 1.18 bits per heavy atom. The van der Waals surface area contributed by atoms with E-state index in [1.807, 2.05) is 25.3 Å². The fourth-order valence-corrected chi connectivity index (χ4v) is 2.69. The molecule has 0 bridgehead atoms. The molecule has 22 heavy (non-hydrogen) atoms. The molecule has 0 saturated heterocycles. The highest BCUT2D eigenvalue weighted by molar-refractivity contribution is 7.20. The van der Waals surface area contributed by atoms with Crippen LogP contribution >= 0.6 is 11.3 Å². The minimum Gasteiger partial charge on any atom is -0.370 e. The van der Waals surface area contributed by atoms with E-state index in [2.05, 4.69) is 25.7 Å². The minimum atomic E-state index is -0.165. The van der Waals surface area contributed by atoms with E-state index < -0.39 is 0 Å². The van der Waals surface area contributed by atoms with Crippen molar-refractivity contribution in [3.05, 3.63) is 46.5 Å². The third-order valence-corrected chi connectivity index (χ3v) is 3.90. The van der Waals surface area contributed by atoms with Crippen molar-refractivity contribution < 1.29 is 0 Å². The Balaban J connectivity index is 1.47. The van der Waals surface area contributed by atoms with Crippen LogP contribution < -0.4 is 16.2 Å². The number of aromatic nitrogens is 4. The second-order valence-electron chi connectivity index (χ2n) is 4.81. The lowest BCUT2D eigenvalue weighted by Gasteiger charge is -2.05. The molecular formula is C14H16N6OS. The number of nitrogens with zero attached hydrogens (tertiary/aromatic N) is 4. The highest BCUT2D eigenvalue weighted by Gasteiger charge is 2.04. The Hall–Kier alpha value is -2.48. The van der Waals surface area contributed by atoms with Gasteiger partial charge in [0.2, 0.25) is 10.1 Å². The molecule has 0 saturated carbocycles. The van der Waals surface area contributed by atoms with Gasteiger partial charge in [0.25, 0.3) is 5.56 Å². The zero-order chi connectivity index (χ0) is 15.4. The van der Waals surface area contributed by atoms with E-state index in [-0.39, 0.29) is 5.56 Å². The molecule has 3 heterocycles. The number of hydrogen-bond donors (Lipinski definition) is 2. The Kier molecular flexibility index (Phi) is 4.29. The standard InChI is InChI=1S/C14H16N6OS/c1-10-3-4-11(18-9-10)15-6-2-7-16-13-19-20-12(21)5-8-17-14(20)22-13/h3-5,8-9H,2,6-7H2,1H3,(H,15,18)(H,16,19). The lowest BCUT2D eigenvalue weighted by molar-refractivity contribution is 0.871. The first-order valence-electron chi connectivity index (χ1n) is 6.98. The summed E-state index contributed by atoms with van der Waals surface area (Å²) < 4.78 is 1.31. The summed E-state index contributed by atoms with van der Waals surface area (Å²) in [5, 5.41) is 11.4. The largest absolute Gasteiger partial charge is 0.370 e. The number of hydrogen-bond acceptors (Lipinski definition) is 7. The van der Waals surface area contributed by atoms with Gasteiger partial charge in [-0.1, -0.05) is 17.4 Å². The van der Waals surface area contributed by atoms with Crippen LogP contribution in [0.4, 0.5) is 10.9 Å². The molecule has 2 N–H and O–H groups in total. The van der Waals surface area contributed by atoms with Crippen LogP contribution in [0.3, 0.4) is 0 Å². The Bertz CT molecular complexity index is 810. The van der Waals surface area contributed by atoms with Crippen molar-refractivity contribution in [2.75, 3.05) is 23.7 Å². The molecule has 0 aliphatic heterocycles. The van der Waals surface area contributed by atoms with Crippen LogP contribution in [0, 0.1) is 6.92 Å². The van der Waals surface area contributed by atoms with E-state index in [0.29, 0.717) is 10.1 Å². The second kappa shape index (κ2) is 6.52. The van der Waals surface area contributed by atoms with Gasteiger partial charge in [-0.05, 0) is 25.0 Å². The summed E-state index contributed by atoms with van der Waals surface area (Å²) in [6.07, 6.45) is 4.25. The molecule has 0 unspecified atom stereocenters. The van der Waals surface area contributed by atoms with Gasteiger partial charge < -0.3 is 10.6 Å². The summed E-state index contributed by atoms with van der Waals surface area (Å²) in [6.45, 7) is 3.58. The fraction of sp³-hybridized carbons (Fsp3) is 0.286. The summed E-state index contributed by atoms with van der Waals surface area (Å²) in [5.74, 6) is 0.876. The molecule has 0 atom stereocenters. The van der Waals surface area contributed by atoms with Gasteiger partial charge in [-0.2, -0.15) is 4.52 Å². The van der Waals surface area contributed by atoms with Crippen molar-refractivity contribution in [2.45, 2.75) is 13.3 Å². The first-order chi connectivity index (χ1) is 10.7. The van der Waals surface area contributed by atoms with Crippen molar-refractivity contribution in [1.29, 1.82) is 0 Å². The molecule has 0 radical (unpaired) electrons. The lowest BCUT2D eigenvalue weighted by Crippen LogP contribution is -2.13. The number of fused-ring (bicyclic) bond motifs is 1. The van der Waals surface area contributed by atoms with Crippen LogP contribution in [0.15, 0.2) is 35.4 Å². The van der Waals surface area contributed by atoms with Gasteiger partial charge in [0.05, 0.1) is 0 Å². The SMILES string of the molecule is Cc1ccc(NCCCNc2nn3c(=O)ccnc3s2)nc1. The molecule has 3 aromatic rings. The molecule has 3 aromatic heterocycles. The van der Waals surface area contributed by atoms with Gasteiger partial charge in [0, 0.05) is 31.5 Å². The molecule has 0 spiro atoms. The van der Waals surface area contributed by atoms with Gasteiger partial charge in [0.15, 0.2) is 0 Å². The summed E-state index contributed by atoms with van der Waals surface area (Å²) >= 11 is 1.36. The van der Waals surface area contributed by atoms with Gasteiger partial charge in [-0.15, -0.1) is 5.10 Å². The van der Waals surface area contributed by atoms with E-state index in [0.717, 1.165) is 30.9 Å². The van der Waals surface area contributed by atoms with E-state index >= 15 is 0 Å². The number of pyridine rings is 1. The average molecular weight is 316 g/mol. The van der Waals surface area contributed by atoms with E-state index in [9.17, 15) is 4.79 Å². The van der Waals surface area contributed by atoms with Crippen molar-refractivity contribution in [3.63, 3.8) is 0 Å². The maximum absolute atomic E-state index is 11.6. The van der Waals surface area contributed by atoms with Gasteiger partial charge in [-0.3, -0.25) is 4.79 Å². The van der Waals surface area contributed by atoms with E-state index in [1.165, 1.54) is 28.1 Å². The number of rotatable bonds is 6. The smallest absolute Gasteiger partial charge is 0.275 e. The molecule has 0 aliphatic rings. The number of anilines is 2. The van der Waals surface area contributed by atoms with Gasteiger partial charge in [0.1, 0.15) is 5.82 Å². The summed E-state index contributed by atoms with van der Waals surface area (Å²) in [4.78, 5) is 20.6. The summed E-state index contributed by atoms with van der Waals surface area (Å²) in [6, 6.07) is 5.39. The van der Waals surface area contributed by atoms with Crippen LogP contribution in [-0.4, -0.2) is 32.7 Å². The molecule has 7 nitrogen and oxygen atoms in total. The maximum atomic E-state index is 11.6. The second-order valence-corrected chi connectivity index (χ2v) is 5.77. The molecule has 0 aliphatic carbocycles. The molecule has 0 amide bonds. The number of nitrogens with one attached hydrogen (secondary N) is 2. The minimum absolute atomic E-state index is 0.165. The first kappa shape index (κ1) is 14.5. The zero-order valence-corrected chi connectivity index (χ0v) is 12.9. The van der Waals surface area contributed by atoms with E-state index in [1.54, 1.807) is 0 Å². The van der Waals surface area contributed by atoms with Crippen molar-refractivity contribution in [1.82, 2.24) is 19.6 Å². The van der Waals surface area contributed by atoms with Crippen LogP contribution in [0.25, 0.3) is 4.96 Å². The predicted molar refractivity (Wildman–Crippen MR) is 87.7 cm³/mol. The van der Waals surface area contributed by atoms with Crippen molar-refractivity contribution in [3.8, 4) is 0 Å². The highest BCUT2D eigenvalue weighted by atomic mass is 32.1. The molecule has 0 aromatic carbocycles. The predicted octanol–water partition coefficient (Wildman–Crippen LogP) is 1.77. The third kappa shape index (κ3) is 3.40. The fourth-order valence-electron chi connectivity index (χ4n) is 1.89. The monoisotopic (exact) mass is 316 g/mol.